The van der Waals surface area contributed by atoms with Crippen LogP contribution < -0.4 is 0 Å². The average molecular weight is 1380 g/mol. The number of hydrogen-bond acceptors (Lipinski definition) is 6. The molecule has 0 fully saturated rings. The molecule has 6 heteroatoms. The summed E-state index contributed by atoms with van der Waals surface area (Å²) < 4.78 is 0. The van der Waals surface area contributed by atoms with Gasteiger partial charge in [0, 0.05) is 69.1 Å². The highest BCUT2D eigenvalue weighted by Gasteiger charge is 2.18. The molecular formula is C102H66N6. The third kappa shape index (κ3) is 12.8. The van der Waals surface area contributed by atoms with Crippen molar-refractivity contribution in [3.63, 3.8) is 0 Å². The van der Waals surface area contributed by atoms with Gasteiger partial charge >= 0.3 is 0 Å². The molecule has 4 heterocycles. The Morgan fingerprint density at radius 3 is 0.954 bits per heavy atom. The molecule has 0 amide bonds. The molecular weight excluding hydrogens is 1310 g/mol. The van der Waals surface area contributed by atoms with Crippen LogP contribution in [0.2, 0.25) is 0 Å². The molecule has 0 unspecified atom stereocenters. The van der Waals surface area contributed by atoms with Crippen molar-refractivity contribution >= 4 is 64.6 Å². The van der Waals surface area contributed by atoms with Crippen molar-refractivity contribution in [2.75, 3.05) is 0 Å². The summed E-state index contributed by atoms with van der Waals surface area (Å²) in [5.74, 6) is 1.38. The summed E-state index contributed by atoms with van der Waals surface area (Å²) >= 11 is 0. The fourth-order valence-corrected chi connectivity index (χ4v) is 15.1. The van der Waals surface area contributed by atoms with Gasteiger partial charge in [-0.3, -0.25) is 9.97 Å². The van der Waals surface area contributed by atoms with E-state index < -0.39 is 0 Å². The van der Waals surface area contributed by atoms with Gasteiger partial charge in [0.25, 0.3) is 0 Å². The molecule has 108 heavy (non-hydrogen) atoms. The van der Waals surface area contributed by atoms with Crippen molar-refractivity contribution in [3.05, 3.63) is 401 Å². The highest BCUT2D eigenvalue weighted by Crippen LogP contribution is 2.41. The molecule has 20 rings (SSSR count). The first-order valence-corrected chi connectivity index (χ1v) is 36.5. The van der Waals surface area contributed by atoms with Crippen LogP contribution in [0.5, 0.6) is 0 Å². The topological polar surface area (TPSA) is 77.3 Å². The lowest BCUT2D eigenvalue weighted by Gasteiger charge is -2.13. The monoisotopic (exact) mass is 1370 g/mol. The second-order valence-electron chi connectivity index (χ2n) is 27.3. The van der Waals surface area contributed by atoms with Crippen molar-refractivity contribution in [1.29, 1.82) is 0 Å². The maximum atomic E-state index is 5.19. The molecule has 6 nitrogen and oxygen atoms in total. The third-order valence-electron chi connectivity index (χ3n) is 20.8. The molecule has 16 aromatic carbocycles. The quantitative estimate of drug-likeness (QED) is 0.113. The van der Waals surface area contributed by atoms with E-state index in [1.807, 2.05) is 30.7 Å². The first kappa shape index (κ1) is 64.4. The number of pyridine rings is 2. The van der Waals surface area contributed by atoms with Gasteiger partial charge in [0.15, 0.2) is 11.6 Å². The van der Waals surface area contributed by atoms with Crippen LogP contribution in [-0.4, -0.2) is 29.9 Å². The number of fused-ring (bicyclic) bond motifs is 8. The van der Waals surface area contributed by atoms with E-state index in [-0.39, 0.29) is 0 Å². The summed E-state index contributed by atoms with van der Waals surface area (Å²) in [6, 6.07) is 133. The Balaban J connectivity index is 0.000000147. The summed E-state index contributed by atoms with van der Waals surface area (Å²) in [4.78, 5) is 29.5. The summed E-state index contributed by atoms with van der Waals surface area (Å²) in [5.41, 5.74) is 23.4. The summed E-state index contributed by atoms with van der Waals surface area (Å²) in [6.45, 7) is 0. The summed E-state index contributed by atoms with van der Waals surface area (Å²) in [7, 11) is 0. The summed E-state index contributed by atoms with van der Waals surface area (Å²) in [6.07, 6.45) is 7.55. The molecule has 0 N–H and O–H groups in total. The number of rotatable bonds is 12. The van der Waals surface area contributed by atoms with E-state index in [0.717, 1.165) is 94.9 Å². The second kappa shape index (κ2) is 28.3. The Hall–Kier alpha value is -14.5. The smallest absolute Gasteiger partial charge is 0.160 e. The molecule has 0 aliphatic carbocycles. The van der Waals surface area contributed by atoms with E-state index in [4.69, 9.17) is 19.9 Å². The molecule has 0 aliphatic heterocycles. The highest BCUT2D eigenvalue weighted by molar-refractivity contribution is 6.15. The van der Waals surface area contributed by atoms with Crippen molar-refractivity contribution in [3.8, 4) is 135 Å². The van der Waals surface area contributed by atoms with Gasteiger partial charge in [-0.25, -0.2) is 19.9 Å². The lowest BCUT2D eigenvalue weighted by atomic mass is 9.93. The summed E-state index contributed by atoms with van der Waals surface area (Å²) in [5, 5.41) is 14.8. The third-order valence-corrected chi connectivity index (χ3v) is 20.8. The van der Waals surface area contributed by atoms with Crippen molar-refractivity contribution in [2.24, 2.45) is 0 Å². The van der Waals surface area contributed by atoms with Gasteiger partial charge in [-0.05, 0) is 157 Å². The lowest BCUT2D eigenvalue weighted by molar-refractivity contribution is 1.18. The fourth-order valence-electron chi connectivity index (χ4n) is 15.1. The maximum Gasteiger partial charge on any atom is 0.160 e. The number of hydrogen-bond donors (Lipinski definition) is 0. The van der Waals surface area contributed by atoms with Crippen LogP contribution in [0.4, 0.5) is 0 Å². The predicted molar refractivity (Wildman–Crippen MR) is 450 cm³/mol. The van der Waals surface area contributed by atoms with Crippen LogP contribution in [0.25, 0.3) is 199 Å². The van der Waals surface area contributed by atoms with Gasteiger partial charge < -0.3 is 0 Å². The molecule has 0 saturated heterocycles. The van der Waals surface area contributed by atoms with Gasteiger partial charge in [0.05, 0.1) is 22.8 Å². The van der Waals surface area contributed by atoms with Crippen molar-refractivity contribution in [2.45, 2.75) is 0 Å². The first-order valence-electron chi connectivity index (χ1n) is 36.5. The van der Waals surface area contributed by atoms with Crippen LogP contribution in [-0.2, 0) is 0 Å². The van der Waals surface area contributed by atoms with Gasteiger partial charge in [0.1, 0.15) is 0 Å². The van der Waals surface area contributed by atoms with Crippen LogP contribution >= 0.6 is 0 Å². The van der Waals surface area contributed by atoms with Crippen LogP contribution in [0.3, 0.4) is 0 Å². The largest absolute Gasteiger partial charge is 0.264 e. The highest BCUT2D eigenvalue weighted by atomic mass is 14.9. The minimum atomic E-state index is 0.687. The molecule has 20 aromatic rings. The van der Waals surface area contributed by atoms with Gasteiger partial charge in [-0.1, -0.05) is 340 Å². The van der Waals surface area contributed by atoms with E-state index in [1.54, 1.807) is 6.20 Å². The van der Waals surface area contributed by atoms with E-state index in [2.05, 4.69) is 374 Å². The Morgan fingerprint density at radius 2 is 0.481 bits per heavy atom. The lowest BCUT2D eigenvalue weighted by Crippen LogP contribution is -1.96. The number of nitrogens with zero attached hydrogens (tertiary/aromatic N) is 6. The molecule has 0 saturated carbocycles. The van der Waals surface area contributed by atoms with E-state index in [0.29, 0.717) is 11.6 Å². The average Bonchev–Trinajstić information content (AvgIpc) is 0.769. The van der Waals surface area contributed by atoms with Crippen molar-refractivity contribution in [1.82, 2.24) is 29.9 Å². The fraction of sp³-hybridized carbons (Fsp3) is 0. The van der Waals surface area contributed by atoms with E-state index in [9.17, 15) is 0 Å². The number of benzene rings is 16. The normalized spacial score (nSPS) is 11.3. The predicted octanol–water partition coefficient (Wildman–Crippen LogP) is 26.7. The molecule has 0 radical (unpaired) electrons. The first-order chi connectivity index (χ1) is 53.5. The molecule has 0 bridgehead atoms. The van der Waals surface area contributed by atoms with Crippen LogP contribution in [0.15, 0.2) is 401 Å². The van der Waals surface area contributed by atoms with Crippen LogP contribution in [0, 0.1) is 0 Å². The van der Waals surface area contributed by atoms with E-state index >= 15 is 0 Å². The number of aromatic nitrogens is 6. The zero-order valence-electron chi connectivity index (χ0n) is 58.8. The molecule has 0 spiro atoms. The van der Waals surface area contributed by atoms with E-state index in [1.165, 1.54) is 92.6 Å². The zero-order valence-corrected chi connectivity index (χ0v) is 58.8. The Labute approximate surface area is 626 Å². The molecule has 0 aliphatic rings. The zero-order chi connectivity index (χ0) is 71.7. The molecule has 0 atom stereocenters. The molecule has 4 aromatic heterocycles. The standard InChI is InChI=1S/2C51H33N3/c1-2-9-41-30-42(28-19-34(41)8-1)35-17-26-40(27-18-35)51-53-49(38-22-15-36(16-23-38)44-11-7-29-52-33-44)32-50(54-51)39-24-20-37(21-25-39)48-31-43-10-3-4-12-45(43)46-13-5-6-14-47(46)48;1-2-10-34(11-3-1)35-18-24-38(25-19-35)49-31-50(39-26-20-37(21-27-39)48-33-52-32-42-13-5-7-15-44(42)48)54-51(53-49)40-28-22-36(23-29-40)47-30-41-12-4-6-14-43(41)45-16-8-9-17-46(45)47/h2*1-33H. The van der Waals surface area contributed by atoms with Gasteiger partial charge in [0.2, 0.25) is 0 Å². The Bertz CT molecular complexity index is 6710. The Kier molecular flexibility index (Phi) is 16.9. The van der Waals surface area contributed by atoms with Crippen molar-refractivity contribution < 1.29 is 0 Å². The van der Waals surface area contributed by atoms with Gasteiger partial charge in [-0.2, -0.15) is 0 Å². The minimum Gasteiger partial charge on any atom is -0.264 e. The Morgan fingerprint density at radius 1 is 0.148 bits per heavy atom. The molecule has 504 valence electrons. The van der Waals surface area contributed by atoms with Crippen LogP contribution in [0.1, 0.15) is 0 Å². The van der Waals surface area contributed by atoms with Gasteiger partial charge in [-0.15, -0.1) is 0 Å². The maximum absolute atomic E-state index is 5.19. The second-order valence-corrected chi connectivity index (χ2v) is 27.3. The SMILES string of the molecule is c1ccc(-c2ccc(-c3cc(-c4ccc(-c5cncc6ccccc56)cc4)nc(-c4ccc(-c5cc6ccccc6c6ccccc56)cc4)n3)cc2)cc1.c1cncc(-c2ccc(-c3cc(-c4ccc(-c5cc6ccccc6c6ccccc56)cc4)nc(-c4ccc(-c5ccc6ccccc6c5)cc4)n3)cc2)c1. The minimum absolute atomic E-state index is 0.687.